The Morgan fingerprint density at radius 1 is 0.741 bits per heavy atom. The normalized spacial score (nSPS) is 11.1. The Morgan fingerprint density at radius 3 is 1.93 bits per heavy atom. The first-order valence-corrected chi connectivity index (χ1v) is 9.04. The van der Waals surface area contributed by atoms with Gasteiger partial charge in [0.1, 0.15) is 0 Å². The molecule has 4 rings (SSSR count). The monoisotopic (exact) mass is 355 g/mol. The molecule has 0 saturated heterocycles. The molecule has 0 aliphatic carbocycles. The molecule has 0 spiro atoms. The van der Waals surface area contributed by atoms with Gasteiger partial charge < -0.3 is 0 Å². The molecule has 0 radical (unpaired) electrons. The van der Waals surface area contributed by atoms with Gasteiger partial charge in [-0.1, -0.05) is 72.8 Å². The van der Waals surface area contributed by atoms with Gasteiger partial charge in [-0.15, -0.1) is 0 Å². The topological polar surface area (TPSA) is 38.1 Å². The van der Waals surface area contributed by atoms with E-state index in [9.17, 15) is 4.79 Å². The molecule has 27 heavy (non-hydrogen) atoms. The molecular weight excluding hydrogens is 334 g/mol. The van der Waals surface area contributed by atoms with Crippen molar-refractivity contribution < 1.29 is 0 Å². The van der Waals surface area contributed by atoms with Crippen molar-refractivity contribution in [1.29, 1.82) is 0 Å². The summed E-state index contributed by atoms with van der Waals surface area (Å²) >= 11 is 0. The van der Waals surface area contributed by atoms with Crippen molar-refractivity contribution in [3.63, 3.8) is 0 Å². The van der Waals surface area contributed by atoms with E-state index in [1.807, 2.05) is 60.7 Å². The summed E-state index contributed by atoms with van der Waals surface area (Å²) in [7, 11) is 0. The maximum Gasteiger partial charge on any atom is 0.262 e. The zero-order valence-corrected chi connectivity index (χ0v) is 15.0. The van der Waals surface area contributed by atoms with Crippen LogP contribution in [0.25, 0.3) is 10.9 Å². The summed E-state index contributed by atoms with van der Waals surface area (Å²) in [5.41, 5.74) is 3.16. The third kappa shape index (κ3) is 4.13. The predicted octanol–water partition coefficient (Wildman–Crippen LogP) is 4.06. The zero-order chi connectivity index (χ0) is 18.5. The molecule has 3 aromatic carbocycles. The smallest absolute Gasteiger partial charge is 0.262 e. The molecule has 134 valence electrons. The molecule has 1 heterocycles. The molecule has 0 bridgehead atoms. The van der Waals surface area contributed by atoms with E-state index in [2.05, 4.69) is 34.1 Å². The summed E-state index contributed by atoms with van der Waals surface area (Å²) in [5.74, 6) is 0. The van der Waals surface area contributed by atoms with Gasteiger partial charge in [-0.3, -0.25) is 14.3 Å². The Labute approximate surface area is 158 Å². The van der Waals surface area contributed by atoms with Gasteiger partial charge in [0.05, 0.1) is 23.9 Å². The number of rotatable bonds is 6. The second-order valence-corrected chi connectivity index (χ2v) is 6.64. The minimum atomic E-state index is -0.00766. The van der Waals surface area contributed by atoms with Gasteiger partial charge in [0.15, 0.2) is 0 Å². The molecule has 0 unspecified atom stereocenters. The summed E-state index contributed by atoms with van der Waals surface area (Å²) in [6.07, 6.45) is 1.65. The lowest BCUT2D eigenvalue weighted by molar-refractivity contribution is 0.197. The standard InChI is InChI=1S/C23H21N3O/c27-23-21-13-7-8-14-22(21)24-17-26(23)18-25(15-19-9-3-1-4-10-19)16-20-11-5-2-6-12-20/h1-14,17H,15-16,18H2. The fourth-order valence-electron chi connectivity index (χ4n) is 3.26. The first-order valence-electron chi connectivity index (χ1n) is 9.04. The number of hydrogen-bond donors (Lipinski definition) is 0. The first kappa shape index (κ1) is 17.2. The van der Waals surface area contributed by atoms with Crippen LogP contribution in [-0.4, -0.2) is 14.5 Å². The molecule has 1 aromatic heterocycles. The van der Waals surface area contributed by atoms with Crippen LogP contribution in [0.1, 0.15) is 11.1 Å². The van der Waals surface area contributed by atoms with Crippen LogP contribution in [0.15, 0.2) is 96.1 Å². The van der Waals surface area contributed by atoms with E-state index in [0.717, 1.165) is 18.6 Å². The molecule has 0 aliphatic rings. The van der Waals surface area contributed by atoms with E-state index in [1.54, 1.807) is 10.9 Å². The second-order valence-electron chi connectivity index (χ2n) is 6.64. The summed E-state index contributed by atoms with van der Waals surface area (Å²) in [6, 6.07) is 28.1. The van der Waals surface area contributed by atoms with E-state index in [4.69, 9.17) is 0 Å². The van der Waals surface area contributed by atoms with Crippen LogP contribution in [0.2, 0.25) is 0 Å². The minimum Gasteiger partial charge on any atom is -0.285 e. The Hall–Kier alpha value is -3.24. The number of benzene rings is 3. The van der Waals surface area contributed by atoms with Crippen molar-refractivity contribution in [1.82, 2.24) is 14.5 Å². The van der Waals surface area contributed by atoms with Crippen molar-refractivity contribution in [3.8, 4) is 0 Å². The highest BCUT2D eigenvalue weighted by molar-refractivity contribution is 5.76. The average molecular weight is 355 g/mol. The maximum atomic E-state index is 12.9. The summed E-state index contributed by atoms with van der Waals surface area (Å²) in [4.78, 5) is 19.6. The highest BCUT2D eigenvalue weighted by Gasteiger charge is 2.11. The summed E-state index contributed by atoms with van der Waals surface area (Å²) < 4.78 is 1.69. The van der Waals surface area contributed by atoms with Crippen LogP contribution in [-0.2, 0) is 19.8 Å². The number of hydrogen-bond acceptors (Lipinski definition) is 3. The Bertz CT molecular complexity index is 1030. The van der Waals surface area contributed by atoms with Gasteiger partial charge in [-0.25, -0.2) is 4.98 Å². The van der Waals surface area contributed by atoms with Crippen molar-refractivity contribution in [3.05, 3.63) is 113 Å². The van der Waals surface area contributed by atoms with Crippen molar-refractivity contribution in [2.45, 2.75) is 19.8 Å². The van der Waals surface area contributed by atoms with Crippen LogP contribution in [0.3, 0.4) is 0 Å². The van der Waals surface area contributed by atoms with Crippen molar-refractivity contribution in [2.75, 3.05) is 0 Å². The van der Waals surface area contributed by atoms with E-state index in [1.165, 1.54) is 11.1 Å². The van der Waals surface area contributed by atoms with Crippen LogP contribution < -0.4 is 5.56 Å². The van der Waals surface area contributed by atoms with Crippen LogP contribution in [0.5, 0.6) is 0 Å². The molecule has 0 aliphatic heterocycles. The lowest BCUT2D eigenvalue weighted by Crippen LogP contribution is -2.32. The van der Waals surface area contributed by atoms with E-state index >= 15 is 0 Å². The molecule has 0 N–H and O–H groups in total. The number of aromatic nitrogens is 2. The van der Waals surface area contributed by atoms with Crippen LogP contribution >= 0.6 is 0 Å². The van der Waals surface area contributed by atoms with E-state index in [-0.39, 0.29) is 5.56 Å². The third-order valence-corrected chi connectivity index (χ3v) is 4.58. The molecule has 0 fully saturated rings. The van der Waals surface area contributed by atoms with E-state index in [0.29, 0.717) is 12.1 Å². The number of fused-ring (bicyclic) bond motifs is 1. The molecule has 0 atom stereocenters. The van der Waals surface area contributed by atoms with E-state index < -0.39 is 0 Å². The molecule has 4 heteroatoms. The minimum absolute atomic E-state index is 0.00766. The third-order valence-electron chi connectivity index (χ3n) is 4.58. The Balaban J connectivity index is 1.64. The van der Waals surface area contributed by atoms with Gasteiger partial charge in [-0.05, 0) is 23.3 Å². The quantitative estimate of drug-likeness (QED) is 0.524. The summed E-state index contributed by atoms with van der Waals surface area (Å²) in [6.45, 7) is 2.00. The van der Waals surface area contributed by atoms with Gasteiger partial charge in [0, 0.05) is 13.1 Å². The van der Waals surface area contributed by atoms with Gasteiger partial charge in [-0.2, -0.15) is 0 Å². The average Bonchev–Trinajstić information content (AvgIpc) is 2.72. The molecule has 0 saturated carbocycles. The second kappa shape index (κ2) is 7.98. The fraction of sp³-hybridized carbons (Fsp3) is 0.130. The number of para-hydroxylation sites is 1. The number of nitrogens with zero attached hydrogens (tertiary/aromatic N) is 3. The zero-order valence-electron chi connectivity index (χ0n) is 15.0. The predicted molar refractivity (Wildman–Crippen MR) is 108 cm³/mol. The van der Waals surface area contributed by atoms with Gasteiger partial charge >= 0.3 is 0 Å². The van der Waals surface area contributed by atoms with Crippen molar-refractivity contribution in [2.24, 2.45) is 0 Å². The first-order chi connectivity index (χ1) is 13.3. The van der Waals surface area contributed by atoms with Crippen LogP contribution in [0, 0.1) is 0 Å². The Kier molecular flexibility index (Phi) is 5.08. The maximum absolute atomic E-state index is 12.9. The van der Waals surface area contributed by atoms with Gasteiger partial charge in [0.25, 0.3) is 5.56 Å². The summed E-state index contributed by atoms with van der Waals surface area (Å²) in [5, 5.41) is 0.652. The SMILES string of the molecule is O=c1c2ccccc2ncn1CN(Cc1ccccc1)Cc1ccccc1. The van der Waals surface area contributed by atoms with Crippen LogP contribution in [0.4, 0.5) is 0 Å². The van der Waals surface area contributed by atoms with Crippen molar-refractivity contribution >= 4 is 10.9 Å². The lowest BCUT2D eigenvalue weighted by atomic mass is 10.2. The lowest BCUT2D eigenvalue weighted by Gasteiger charge is -2.23. The molecule has 4 aromatic rings. The largest absolute Gasteiger partial charge is 0.285 e. The van der Waals surface area contributed by atoms with Gasteiger partial charge in [0.2, 0.25) is 0 Å². The highest BCUT2D eigenvalue weighted by Crippen LogP contribution is 2.12. The highest BCUT2D eigenvalue weighted by atomic mass is 16.1. The Morgan fingerprint density at radius 2 is 1.30 bits per heavy atom. The molecular formula is C23H21N3O. The fourth-order valence-corrected chi connectivity index (χ4v) is 3.26. The molecule has 4 nitrogen and oxygen atoms in total. The molecule has 0 amide bonds.